The minimum absolute atomic E-state index is 0.549. The molecule has 0 fully saturated rings. The highest BCUT2D eigenvalue weighted by Crippen LogP contribution is 2.32. The van der Waals surface area contributed by atoms with Crippen molar-refractivity contribution in [2.75, 3.05) is 0 Å². The second kappa shape index (κ2) is 5.95. The Morgan fingerprint density at radius 2 is 1.95 bits per heavy atom. The predicted octanol–water partition coefficient (Wildman–Crippen LogP) is 4.70. The summed E-state index contributed by atoms with van der Waals surface area (Å²) in [6, 6.07) is 16.2. The van der Waals surface area contributed by atoms with E-state index in [9.17, 15) is 0 Å². The Balaban J connectivity index is 1.90. The number of nitrogens with two attached hydrogens (primary N) is 1. The lowest BCUT2D eigenvalue weighted by Crippen LogP contribution is -2.01. The molecule has 1 heterocycles. The number of ether oxygens (including phenoxy) is 1. The zero-order chi connectivity index (χ0) is 13.9. The summed E-state index contributed by atoms with van der Waals surface area (Å²) in [5.74, 6) is 0.859. The van der Waals surface area contributed by atoms with Crippen molar-refractivity contribution >= 4 is 37.4 Å². The Bertz CT molecular complexity index is 738. The van der Waals surface area contributed by atoms with Gasteiger partial charge in [0.15, 0.2) is 0 Å². The van der Waals surface area contributed by atoms with Gasteiger partial charge in [-0.1, -0.05) is 40.2 Å². The highest BCUT2D eigenvalue weighted by molar-refractivity contribution is 9.10. The lowest BCUT2D eigenvalue weighted by molar-refractivity contribution is 0.307. The zero-order valence-electron chi connectivity index (χ0n) is 10.8. The largest absolute Gasteiger partial charge is 0.489 e. The molecule has 0 bridgehead atoms. The van der Waals surface area contributed by atoms with Gasteiger partial charge in [0.1, 0.15) is 12.4 Å². The van der Waals surface area contributed by atoms with Gasteiger partial charge in [-0.15, -0.1) is 11.3 Å². The van der Waals surface area contributed by atoms with E-state index in [2.05, 4.69) is 40.2 Å². The van der Waals surface area contributed by atoms with E-state index in [4.69, 9.17) is 10.5 Å². The number of rotatable bonds is 4. The molecule has 0 atom stereocenters. The van der Waals surface area contributed by atoms with Crippen molar-refractivity contribution in [3.05, 3.63) is 63.4 Å². The molecule has 0 aliphatic rings. The van der Waals surface area contributed by atoms with Crippen LogP contribution in [-0.4, -0.2) is 0 Å². The van der Waals surface area contributed by atoms with Crippen molar-refractivity contribution in [2.45, 2.75) is 13.2 Å². The van der Waals surface area contributed by atoms with Gasteiger partial charge in [0.25, 0.3) is 0 Å². The first-order chi connectivity index (χ1) is 9.78. The summed E-state index contributed by atoms with van der Waals surface area (Å²) in [7, 11) is 0. The summed E-state index contributed by atoms with van der Waals surface area (Å²) in [4.78, 5) is 1.20. The first-order valence-electron chi connectivity index (χ1n) is 6.35. The average molecular weight is 348 g/mol. The van der Waals surface area contributed by atoms with Crippen molar-refractivity contribution in [3.8, 4) is 5.75 Å². The van der Waals surface area contributed by atoms with Crippen LogP contribution < -0.4 is 10.5 Å². The van der Waals surface area contributed by atoms with Crippen LogP contribution in [-0.2, 0) is 13.2 Å². The first-order valence-corrected chi connectivity index (χ1v) is 7.96. The molecule has 0 unspecified atom stereocenters. The smallest absolute Gasteiger partial charge is 0.120 e. The van der Waals surface area contributed by atoms with Crippen molar-refractivity contribution in [1.82, 2.24) is 0 Å². The molecule has 0 aliphatic carbocycles. The van der Waals surface area contributed by atoms with Gasteiger partial charge in [-0.05, 0) is 29.7 Å². The Labute approximate surface area is 130 Å². The number of thiophene rings is 1. The number of halogens is 1. The highest BCUT2D eigenvalue weighted by atomic mass is 79.9. The fourth-order valence-corrected chi connectivity index (χ4v) is 3.65. The maximum atomic E-state index is 5.90. The summed E-state index contributed by atoms with van der Waals surface area (Å²) in [5.41, 5.74) is 7.06. The first kappa shape index (κ1) is 13.6. The standard InChI is InChI=1S/C16H14BrNOS/c17-11-4-3-5-12(8-11)19-10-14-13-6-1-2-7-15(13)20-16(14)9-18/h1-8H,9-10,18H2. The monoisotopic (exact) mass is 347 g/mol. The fourth-order valence-electron chi connectivity index (χ4n) is 2.18. The molecule has 2 nitrogen and oxygen atoms in total. The van der Waals surface area contributed by atoms with E-state index >= 15 is 0 Å². The van der Waals surface area contributed by atoms with Crippen LogP contribution in [0.5, 0.6) is 5.75 Å². The number of fused-ring (bicyclic) bond motifs is 1. The SMILES string of the molecule is NCc1sc2ccccc2c1COc1cccc(Br)c1. The van der Waals surface area contributed by atoms with Crippen molar-refractivity contribution in [2.24, 2.45) is 5.73 Å². The van der Waals surface area contributed by atoms with E-state index in [1.54, 1.807) is 11.3 Å². The second-order valence-electron chi connectivity index (χ2n) is 4.45. The second-order valence-corrected chi connectivity index (χ2v) is 6.50. The maximum absolute atomic E-state index is 5.90. The summed E-state index contributed by atoms with van der Waals surface area (Å²) in [6.45, 7) is 1.10. The number of benzene rings is 2. The third-order valence-corrected chi connectivity index (χ3v) is 4.88. The molecule has 0 radical (unpaired) electrons. The van der Waals surface area contributed by atoms with Gasteiger partial charge in [0.2, 0.25) is 0 Å². The Morgan fingerprint density at radius 3 is 2.75 bits per heavy atom. The lowest BCUT2D eigenvalue weighted by atomic mass is 10.1. The van der Waals surface area contributed by atoms with Gasteiger partial charge in [0.05, 0.1) is 0 Å². The van der Waals surface area contributed by atoms with Crippen LogP contribution in [0.4, 0.5) is 0 Å². The molecule has 0 saturated heterocycles. The van der Waals surface area contributed by atoms with Crippen LogP contribution in [0, 0.1) is 0 Å². The highest BCUT2D eigenvalue weighted by Gasteiger charge is 2.11. The Hall–Kier alpha value is -1.36. The van der Waals surface area contributed by atoms with E-state index in [1.807, 2.05) is 24.3 Å². The molecule has 3 rings (SSSR count). The van der Waals surface area contributed by atoms with E-state index in [1.165, 1.54) is 20.5 Å². The van der Waals surface area contributed by atoms with E-state index in [0.717, 1.165) is 10.2 Å². The molecule has 0 spiro atoms. The maximum Gasteiger partial charge on any atom is 0.120 e. The molecule has 2 N–H and O–H groups in total. The quantitative estimate of drug-likeness (QED) is 0.742. The van der Waals surface area contributed by atoms with Gasteiger partial charge in [-0.2, -0.15) is 0 Å². The van der Waals surface area contributed by atoms with Gasteiger partial charge in [0, 0.05) is 26.2 Å². The molecule has 1 aromatic heterocycles. The molecule has 2 aromatic carbocycles. The van der Waals surface area contributed by atoms with Gasteiger partial charge in [-0.25, -0.2) is 0 Å². The Kier molecular flexibility index (Phi) is 4.05. The van der Waals surface area contributed by atoms with Gasteiger partial charge < -0.3 is 10.5 Å². The average Bonchev–Trinajstić information content (AvgIpc) is 2.83. The molecule has 0 amide bonds. The molecule has 102 valence electrons. The fraction of sp³-hybridized carbons (Fsp3) is 0.125. The summed E-state index contributed by atoms with van der Waals surface area (Å²) in [6.07, 6.45) is 0. The van der Waals surface area contributed by atoms with Crippen LogP contribution in [0.15, 0.2) is 53.0 Å². The molecular weight excluding hydrogens is 334 g/mol. The normalized spacial score (nSPS) is 10.9. The lowest BCUT2D eigenvalue weighted by Gasteiger charge is -2.07. The van der Waals surface area contributed by atoms with E-state index < -0.39 is 0 Å². The topological polar surface area (TPSA) is 35.2 Å². The van der Waals surface area contributed by atoms with Crippen molar-refractivity contribution < 1.29 is 4.74 Å². The zero-order valence-corrected chi connectivity index (χ0v) is 13.2. The third kappa shape index (κ3) is 2.73. The molecule has 0 aliphatic heterocycles. The molecule has 20 heavy (non-hydrogen) atoms. The van der Waals surface area contributed by atoms with Crippen LogP contribution >= 0.6 is 27.3 Å². The summed E-state index contributed by atoms with van der Waals surface area (Å²) < 4.78 is 8.19. The van der Waals surface area contributed by atoms with Gasteiger partial charge in [-0.3, -0.25) is 0 Å². The molecule has 4 heteroatoms. The molecule has 0 saturated carbocycles. The molecule has 3 aromatic rings. The van der Waals surface area contributed by atoms with Crippen LogP contribution in [0.25, 0.3) is 10.1 Å². The minimum atomic E-state index is 0.549. The van der Waals surface area contributed by atoms with Gasteiger partial charge >= 0.3 is 0 Å². The number of hydrogen-bond donors (Lipinski definition) is 1. The van der Waals surface area contributed by atoms with E-state index in [0.29, 0.717) is 13.2 Å². The summed E-state index contributed by atoms with van der Waals surface area (Å²) in [5, 5.41) is 1.24. The van der Waals surface area contributed by atoms with Crippen LogP contribution in [0.2, 0.25) is 0 Å². The number of hydrogen-bond acceptors (Lipinski definition) is 3. The van der Waals surface area contributed by atoms with Crippen molar-refractivity contribution in [1.29, 1.82) is 0 Å². The Morgan fingerprint density at radius 1 is 1.10 bits per heavy atom. The van der Waals surface area contributed by atoms with Crippen molar-refractivity contribution in [3.63, 3.8) is 0 Å². The molecular formula is C16H14BrNOS. The summed E-state index contributed by atoms with van der Waals surface area (Å²) >= 11 is 5.20. The van der Waals surface area contributed by atoms with Crippen LogP contribution in [0.3, 0.4) is 0 Å². The van der Waals surface area contributed by atoms with Crippen LogP contribution in [0.1, 0.15) is 10.4 Å². The minimum Gasteiger partial charge on any atom is -0.489 e. The predicted molar refractivity (Wildman–Crippen MR) is 88.2 cm³/mol. The third-order valence-electron chi connectivity index (χ3n) is 3.15. The van der Waals surface area contributed by atoms with E-state index in [-0.39, 0.29) is 0 Å².